The molecule has 2 atom stereocenters. The molecule has 2 heterocycles. The minimum Gasteiger partial charge on any atom is -0.392 e. The van der Waals surface area contributed by atoms with Gasteiger partial charge < -0.3 is 15.3 Å². The summed E-state index contributed by atoms with van der Waals surface area (Å²) in [4.78, 5) is 29.1. The summed E-state index contributed by atoms with van der Waals surface area (Å²) in [6.07, 6.45) is 0.846. The maximum atomic E-state index is 13.3. The molecule has 2 amide bonds. The van der Waals surface area contributed by atoms with Gasteiger partial charge in [-0.3, -0.25) is 9.59 Å². The van der Waals surface area contributed by atoms with Gasteiger partial charge in [-0.15, -0.1) is 11.3 Å². The van der Waals surface area contributed by atoms with Gasteiger partial charge in [0.05, 0.1) is 18.6 Å². The van der Waals surface area contributed by atoms with Crippen LogP contribution in [0.25, 0.3) is 0 Å². The molecule has 3 aromatic rings. The van der Waals surface area contributed by atoms with Crippen molar-refractivity contribution in [2.45, 2.75) is 39.0 Å². The monoisotopic (exact) mass is 434 g/mol. The smallest absolute Gasteiger partial charge is 0.227 e. The number of aliphatic hydroxyl groups is 1. The third kappa shape index (κ3) is 4.55. The van der Waals surface area contributed by atoms with Gasteiger partial charge in [-0.25, -0.2) is 0 Å². The third-order valence-electron chi connectivity index (χ3n) is 5.82. The summed E-state index contributed by atoms with van der Waals surface area (Å²) in [7, 11) is 0. The lowest BCUT2D eigenvalue weighted by Gasteiger charge is -2.40. The first-order valence-corrected chi connectivity index (χ1v) is 11.3. The number of nitrogens with one attached hydrogen (secondary N) is 1. The van der Waals surface area contributed by atoms with Crippen molar-refractivity contribution < 1.29 is 14.7 Å². The number of amides is 2. The molecule has 2 N–H and O–H groups in total. The van der Waals surface area contributed by atoms with E-state index in [4.69, 9.17) is 0 Å². The Labute approximate surface area is 186 Å². The van der Waals surface area contributed by atoms with Crippen molar-refractivity contribution in [1.29, 1.82) is 0 Å². The van der Waals surface area contributed by atoms with Crippen molar-refractivity contribution in [3.63, 3.8) is 0 Å². The number of thiophene rings is 1. The molecule has 1 saturated heterocycles. The number of carbonyl (C=O) groups is 2. The van der Waals surface area contributed by atoms with Gasteiger partial charge in [0, 0.05) is 23.5 Å². The number of hydrogen-bond acceptors (Lipinski definition) is 4. The molecule has 0 radical (unpaired) electrons. The predicted octanol–water partition coefficient (Wildman–Crippen LogP) is 4.35. The van der Waals surface area contributed by atoms with Crippen LogP contribution in [0.2, 0.25) is 0 Å². The fraction of sp³-hybridized carbons (Fsp3) is 0.280. The average molecular weight is 435 g/mol. The van der Waals surface area contributed by atoms with Crippen molar-refractivity contribution >= 4 is 28.8 Å². The summed E-state index contributed by atoms with van der Waals surface area (Å²) in [5, 5.41) is 14.6. The molecule has 2 unspecified atom stereocenters. The van der Waals surface area contributed by atoms with Gasteiger partial charge in [-0.1, -0.05) is 48.0 Å². The van der Waals surface area contributed by atoms with E-state index in [2.05, 4.69) is 5.32 Å². The Bertz CT molecular complexity index is 1050. The van der Waals surface area contributed by atoms with Crippen LogP contribution in [0.15, 0.2) is 66.0 Å². The Hall–Kier alpha value is -2.96. The SMILES string of the molecule is Cc1ccc(N2C(=O)CCC(C(=O)NCc3ccccc3CO)C2c2cccs2)cc1. The van der Waals surface area contributed by atoms with Gasteiger partial charge in [0.15, 0.2) is 0 Å². The molecule has 5 nitrogen and oxygen atoms in total. The molecule has 4 rings (SSSR count). The summed E-state index contributed by atoms with van der Waals surface area (Å²) in [6.45, 7) is 2.30. The van der Waals surface area contributed by atoms with Crippen LogP contribution < -0.4 is 10.2 Å². The second-order valence-electron chi connectivity index (χ2n) is 7.85. The molecule has 6 heteroatoms. The number of hydrogen-bond donors (Lipinski definition) is 2. The van der Waals surface area contributed by atoms with Crippen LogP contribution in [0.3, 0.4) is 0 Å². The lowest BCUT2D eigenvalue weighted by molar-refractivity contribution is -0.129. The molecule has 0 saturated carbocycles. The van der Waals surface area contributed by atoms with Crippen LogP contribution >= 0.6 is 11.3 Å². The van der Waals surface area contributed by atoms with Gasteiger partial charge in [0.2, 0.25) is 11.8 Å². The summed E-state index contributed by atoms with van der Waals surface area (Å²) >= 11 is 1.57. The number of anilines is 1. The highest BCUT2D eigenvalue weighted by atomic mass is 32.1. The molecule has 1 aromatic heterocycles. The lowest BCUT2D eigenvalue weighted by atomic mass is 9.86. The highest BCUT2D eigenvalue weighted by Gasteiger charge is 2.41. The summed E-state index contributed by atoms with van der Waals surface area (Å²) in [6, 6.07) is 19.0. The molecule has 160 valence electrons. The van der Waals surface area contributed by atoms with E-state index in [-0.39, 0.29) is 30.4 Å². The Morgan fingerprint density at radius 1 is 1.10 bits per heavy atom. The van der Waals surface area contributed by atoms with E-state index in [1.54, 1.807) is 16.2 Å². The van der Waals surface area contributed by atoms with Crippen molar-refractivity contribution in [3.05, 3.63) is 87.6 Å². The Kier molecular flexibility index (Phi) is 6.49. The van der Waals surface area contributed by atoms with Crippen LogP contribution in [-0.2, 0) is 22.7 Å². The highest BCUT2D eigenvalue weighted by molar-refractivity contribution is 7.10. The lowest BCUT2D eigenvalue weighted by Crippen LogP contribution is -2.48. The minimum absolute atomic E-state index is 0.0388. The van der Waals surface area contributed by atoms with Crippen molar-refractivity contribution in [2.24, 2.45) is 5.92 Å². The van der Waals surface area contributed by atoms with E-state index in [9.17, 15) is 14.7 Å². The molecule has 1 fully saturated rings. The number of piperidine rings is 1. The average Bonchev–Trinajstić information content (AvgIpc) is 3.33. The van der Waals surface area contributed by atoms with Gasteiger partial charge in [0.25, 0.3) is 0 Å². The number of nitrogens with zero attached hydrogens (tertiary/aromatic N) is 1. The van der Waals surface area contributed by atoms with E-state index in [1.807, 2.05) is 73.0 Å². The number of aliphatic hydroxyl groups excluding tert-OH is 1. The minimum atomic E-state index is -0.348. The van der Waals surface area contributed by atoms with Gasteiger partial charge in [-0.2, -0.15) is 0 Å². The third-order valence-corrected chi connectivity index (χ3v) is 6.77. The largest absolute Gasteiger partial charge is 0.392 e. The van der Waals surface area contributed by atoms with Crippen LogP contribution in [0.1, 0.15) is 40.5 Å². The second-order valence-corrected chi connectivity index (χ2v) is 8.83. The maximum absolute atomic E-state index is 13.3. The standard InChI is InChI=1S/C25H26N2O3S/c1-17-8-10-20(11-9-17)27-23(29)13-12-21(24(27)22-7-4-14-31-22)25(30)26-15-18-5-2-3-6-19(18)16-28/h2-11,14,21,24,28H,12-13,15-16H2,1H3,(H,26,30). The zero-order valence-corrected chi connectivity index (χ0v) is 18.3. The normalized spacial score (nSPS) is 18.8. The molecule has 0 spiro atoms. The number of benzene rings is 2. The molecule has 1 aliphatic rings. The summed E-state index contributed by atoms with van der Waals surface area (Å²) in [5.74, 6) is -0.383. The fourth-order valence-corrected chi connectivity index (χ4v) is 5.04. The van der Waals surface area contributed by atoms with E-state index < -0.39 is 0 Å². The Morgan fingerprint density at radius 2 is 1.84 bits per heavy atom. The molecular weight excluding hydrogens is 408 g/mol. The number of carbonyl (C=O) groups excluding carboxylic acids is 2. The van der Waals surface area contributed by atoms with E-state index in [1.165, 1.54) is 0 Å². The molecule has 0 bridgehead atoms. The molecule has 0 aliphatic carbocycles. The fourth-order valence-electron chi connectivity index (χ4n) is 4.16. The van der Waals surface area contributed by atoms with Gasteiger partial charge in [0.1, 0.15) is 0 Å². The second kappa shape index (κ2) is 9.45. The van der Waals surface area contributed by atoms with Gasteiger partial charge in [-0.05, 0) is 48.1 Å². The van der Waals surface area contributed by atoms with Crippen molar-refractivity contribution in [2.75, 3.05) is 4.90 Å². The van der Waals surface area contributed by atoms with E-state index in [0.29, 0.717) is 19.4 Å². The summed E-state index contributed by atoms with van der Waals surface area (Å²) in [5.41, 5.74) is 3.64. The zero-order valence-electron chi connectivity index (χ0n) is 17.5. The Morgan fingerprint density at radius 3 is 2.52 bits per heavy atom. The predicted molar refractivity (Wildman–Crippen MR) is 123 cm³/mol. The van der Waals surface area contributed by atoms with Crippen molar-refractivity contribution in [1.82, 2.24) is 5.32 Å². The summed E-state index contributed by atoms with van der Waals surface area (Å²) < 4.78 is 0. The van der Waals surface area contributed by atoms with Crippen LogP contribution in [0.4, 0.5) is 5.69 Å². The first kappa shape index (κ1) is 21.3. The van der Waals surface area contributed by atoms with Crippen LogP contribution in [-0.4, -0.2) is 16.9 Å². The molecule has 2 aromatic carbocycles. The first-order chi connectivity index (χ1) is 15.1. The zero-order chi connectivity index (χ0) is 21.8. The number of aryl methyl sites for hydroxylation is 1. The molecule has 1 aliphatic heterocycles. The van der Waals surface area contributed by atoms with E-state index in [0.717, 1.165) is 27.3 Å². The van der Waals surface area contributed by atoms with Crippen molar-refractivity contribution in [3.8, 4) is 0 Å². The topological polar surface area (TPSA) is 69.6 Å². The molecule has 31 heavy (non-hydrogen) atoms. The maximum Gasteiger partial charge on any atom is 0.227 e. The first-order valence-electron chi connectivity index (χ1n) is 10.5. The van der Waals surface area contributed by atoms with Crippen LogP contribution in [0, 0.1) is 12.8 Å². The number of rotatable bonds is 6. The van der Waals surface area contributed by atoms with E-state index >= 15 is 0 Å². The van der Waals surface area contributed by atoms with Gasteiger partial charge >= 0.3 is 0 Å². The quantitative estimate of drug-likeness (QED) is 0.606. The highest BCUT2D eigenvalue weighted by Crippen LogP contribution is 2.41. The van der Waals surface area contributed by atoms with Crippen LogP contribution in [0.5, 0.6) is 0 Å². The molecular formula is C25H26N2O3S. The Balaban J connectivity index is 1.61.